The number of hydrogen-bond acceptors (Lipinski definition) is 6. The molecule has 35 heavy (non-hydrogen) atoms. The lowest BCUT2D eigenvalue weighted by Gasteiger charge is -2.29. The van der Waals surface area contributed by atoms with Crippen LogP contribution in [0.3, 0.4) is 0 Å². The molecule has 0 saturated heterocycles. The van der Waals surface area contributed by atoms with Crippen LogP contribution in [0.1, 0.15) is 29.3 Å². The summed E-state index contributed by atoms with van der Waals surface area (Å²) in [5.41, 5.74) is 3.23. The highest BCUT2D eigenvalue weighted by molar-refractivity contribution is 8.00. The van der Waals surface area contributed by atoms with Gasteiger partial charge < -0.3 is 19.7 Å². The Balaban J connectivity index is 1.72. The molecule has 1 aliphatic rings. The van der Waals surface area contributed by atoms with Crippen molar-refractivity contribution in [3.8, 4) is 11.4 Å². The topological polar surface area (TPSA) is 85.7 Å². The van der Waals surface area contributed by atoms with Crippen molar-refractivity contribution in [2.45, 2.75) is 31.0 Å². The summed E-state index contributed by atoms with van der Waals surface area (Å²) in [4.78, 5) is 28.7. The van der Waals surface area contributed by atoms with E-state index in [1.165, 1.54) is 11.8 Å². The minimum atomic E-state index is -0.795. The number of thioether (sulfide) groups is 1. The lowest BCUT2D eigenvalue weighted by Crippen LogP contribution is -2.44. The summed E-state index contributed by atoms with van der Waals surface area (Å²) in [6, 6.07) is 16.5. The molecule has 0 unspecified atom stereocenters. The summed E-state index contributed by atoms with van der Waals surface area (Å²) in [5.74, 6) is 0.597. The first-order valence-corrected chi connectivity index (χ1v) is 12.5. The molecule has 0 radical (unpaired) electrons. The standard InChI is InChI=1S/C26H30N4O4S/c1-18-23-24(25(32)27-16-19-10-7-8-13-21(19)34-3)29(14-9-15-33-2)22(31)17-35-26(23)30(28-18)20-11-5-4-6-12-20/h4-8,10-13,24H,9,14-17H2,1-3H3,(H,27,32)/t24-/m0/s1. The van der Waals surface area contributed by atoms with E-state index in [0.29, 0.717) is 25.3 Å². The van der Waals surface area contributed by atoms with Crippen molar-refractivity contribution in [1.82, 2.24) is 20.0 Å². The fourth-order valence-corrected chi connectivity index (χ4v) is 5.37. The Kier molecular flexibility index (Phi) is 8.09. The van der Waals surface area contributed by atoms with Crippen LogP contribution in [0.2, 0.25) is 0 Å². The summed E-state index contributed by atoms with van der Waals surface area (Å²) >= 11 is 1.42. The lowest BCUT2D eigenvalue weighted by molar-refractivity contribution is -0.139. The van der Waals surface area contributed by atoms with Crippen molar-refractivity contribution in [3.63, 3.8) is 0 Å². The second kappa shape index (κ2) is 11.4. The molecule has 3 aromatic rings. The number of hydrogen-bond donors (Lipinski definition) is 1. The maximum Gasteiger partial charge on any atom is 0.247 e. The number of fused-ring (bicyclic) bond motifs is 1. The summed E-state index contributed by atoms with van der Waals surface area (Å²) < 4.78 is 12.5. The van der Waals surface area contributed by atoms with Gasteiger partial charge in [0, 0.05) is 37.9 Å². The third-order valence-electron chi connectivity index (χ3n) is 5.94. The Morgan fingerprint density at radius 3 is 2.63 bits per heavy atom. The van der Waals surface area contributed by atoms with E-state index in [2.05, 4.69) is 5.32 Å². The molecule has 4 rings (SSSR count). The molecule has 0 saturated carbocycles. The van der Waals surface area contributed by atoms with Crippen LogP contribution in [0.25, 0.3) is 5.69 Å². The van der Waals surface area contributed by atoms with Gasteiger partial charge in [0.05, 0.1) is 24.2 Å². The first-order chi connectivity index (χ1) is 17.0. The number of nitrogens with one attached hydrogen (secondary N) is 1. The Morgan fingerprint density at radius 1 is 1.14 bits per heavy atom. The maximum atomic E-state index is 13.7. The molecule has 2 amide bonds. The van der Waals surface area contributed by atoms with Gasteiger partial charge in [-0.15, -0.1) is 0 Å². The second-order valence-electron chi connectivity index (χ2n) is 8.21. The number of rotatable bonds is 9. The predicted octanol–water partition coefficient (Wildman–Crippen LogP) is 3.52. The fourth-order valence-electron chi connectivity index (χ4n) is 4.26. The van der Waals surface area contributed by atoms with Crippen molar-refractivity contribution in [1.29, 1.82) is 0 Å². The molecule has 1 atom stereocenters. The predicted molar refractivity (Wildman–Crippen MR) is 135 cm³/mol. The summed E-state index contributed by atoms with van der Waals surface area (Å²) in [6.07, 6.45) is 0.629. The number of aryl methyl sites for hydroxylation is 1. The van der Waals surface area contributed by atoms with Gasteiger partial charge in [0.2, 0.25) is 11.8 Å². The van der Waals surface area contributed by atoms with Crippen LogP contribution in [-0.2, 0) is 20.9 Å². The smallest absolute Gasteiger partial charge is 0.247 e. The van der Waals surface area contributed by atoms with E-state index in [4.69, 9.17) is 14.6 Å². The number of aromatic nitrogens is 2. The zero-order chi connectivity index (χ0) is 24.8. The summed E-state index contributed by atoms with van der Waals surface area (Å²) in [6.45, 7) is 3.09. The highest BCUT2D eigenvalue weighted by atomic mass is 32.2. The second-order valence-corrected chi connectivity index (χ2v) is 9.17. The quantitative estimate of drug-likeness (QED) is 0.458. The number of methoxy groups -OCH3 is 2. The number of carbonyl (C=O) groups excluding carboxylic acids is 2. The molecule has 2 heterocycles. The molecule has 0 spiro atoms. The lowest BCUT2D eigenvalue weighted by atomic mass is 10.0. The van der Waals surface area contributed by atoms with Crippen LogP contribution in [0, 0.1) is 6.92 Å². The van der Waals surface area contributed by atoms with Crippen molar-refractivity contribution in [2.75, 3.05) is 33.1 Å². The highest BCUT2D eigenvalue weighted by Crippen LogP contribution is 2.39. The SMILES string of the molecule is COCCCN1C(=O)CSc2c(c(C)nn2-c2ccccc2)[C@H]1C(=O)NCc1ccccc1OC. The van der Waals surface area contributed by atoms with Crippen LogP contribution in [0.5, 0.6) is 5.75 Å². The molecule has 1 aliphatic heterocycles. The number of carbonyl (C=O) groups is 2. The molecule has 0 aliphatic carbocycles. The normalized spacial score (nSPS) is 15.5. The van der Waals surface area contributed by atoms with Gasteiger partial charge in [0.1, 0.15) is 16.8 Å². The van der Waals surface area contributed by atoms with Crippen LogP contribution < -0.4 is 10.1 Å². The van der Waals surface area contributed by atoms with Crippen molar-refractivity contribution < 1.29 is 19.1 Å². The van der Waals surface area contributed by atoms with Crippen molar-refractivity contribution in [2.24, 2.45) is 0 Å². The van der Waals surface area contributed by atoms with Crippen LogP contribution in [0.15, 0.2) is 59.6 Å². The number of ether oxygens (including phenoxy) is 2. The van der Waals surface area contributed by atoms with Crippen LogP contribution in [0.4, 0.5) is 0 Å². The summed E-state index contributed by atoms with van der Waals surface area (Å²) in [5, 5.41) is 8.62. The zero-order valence-corrected chi connectivity index (χ0v) is 21.0. The molecule has 0 bridgehead atoms. The molecule has 184 valence electrons. The molecule has 9 heteroatoms. The van der Waals surface area contributed by atoms with E-state index in [-0.39, 0.29) is 24.1 Å². The first kappa shape index (κ1) is 24.8. The van der Waals surface area contributed by atoms with Gasteiger partial charge in [-0.3, -0.25) is 9.59 Å². The van der Waals surface area contributed by atoms with Gasteiger partial charge >= 0.3 is 0 Å². The molecule has 0 fully saturated rings. The third kappa shape index (κ3) is 5.36. The highest BCUT2D eigenvalue weighted by Gasteiger charge is 2.39. The Bertz CT molecular complexity index is 1180. The number of amides is 2. The Morgan fingerprint density at radius 2 is 1.89 bits per heavy atom. The average Bonchev–Trinajstić information content (AvgIpc) is 3.13. The Hall–Kier alpha value is -3.30. The maximum absolute atomic E-state index is 13.7. The van der Waals surface area contributed by atoms with Crippen LogP contribution >= 0.6 is 11.8 Å². The monoisotopic (exact) mass is 494 g/mol. The minimum absolute atomic E-state index is 0.0845. The third-order valence-corrected chi connectivity index (χ3v) is 7.00. The largest absolute Gasteiger partial charge is 0.496 e. The summed E-state index contributed by atoms with van der Waals surface area (Å²) in [7, 11) is 3.23. The zero-order valence-electron chi connectivity index (χ0n) is 20.2. The van der Waals surface area contributed by atoms with Gasteiger partial charge in [0.25, 0.3) is 0 Å². The van der Waals surface area contributed by atoms with Gasteiger partial charge in [-0.05, 0) is 31.5 Å². The van der Waals surface area contributed by atoms with Crippen molar-refractivity contribution in [3.05, 3.63) is 71.4 Å². The number of para-hydroxylation sites is 2. The van der Waals surface area contributed by atoms with Gasteiger partial charge in [-0.25, -0.2) is 4.68 Å². The average molecular weight is 495 g/mol. The molecular weight excluding hydrogens is 464 g/mol. The van der Waals surface area contributed by atoms with E-state index in [1.54, 1.807) is 19.1 Å². The van der Waals surface area contributed by atoms with E-state index < -0.39 is 6.04 Å². The minimum Gasteiger partial charge on any atom is -0.496 e. The molecule has 1 N–H and O–H groups in total. The first-order valence-electron chi connectivity index (χ1n) is 11.5. The van der Waals surface area contributed by atoms with Crippen molar-refractivity contribution >= 4 is 23.6 Å². The number of benzene rings is 2. The number of nitrogens with zero attached hydrogens (tertiary/aromatic N) is 3. The van der Waals surface area contributed by atoms with E-state index in [9.17, 15) is 9.59 Å². The Labute approximate surface area is 209 Å². The van der Waals surface area contributed by atoms with E-state index in [1.807, 2.05) is 66.2 Å². The van der Waals surface area contributed by atoms with Gasteiger partial charge in [-0.2, -0.15) is 5.10 Å². The van der Waals surface area contributed by atoms with E-state index in [0.717, 1.165) is 27.5 Å². The molecule has 2 aromatic carbocycles. The van der Waals surface area contributed by atoms with Gasteiger partial charge in [-0.1, -0.05) is 48.2 Å². The van der Waals surface area contributed by atoms with Crippen LogP contribution in [-0.4, -0.2) is 59.6 Å². The molecule has 8 nitrogen and oxygen atoms in total. The molecular formula is C26H30N4O4S. The molecule has 1 aromatic heterocycles. The fraction of sp³-hybridized carbons (Fsp3) is 0.346. The van der Waals surface area contributed by atoms with Gasteiger partial charge in [0.15, 0.2) is 0 Å². The van der Waals surface area contributed by atoms with E-state index >= 15 is 0 Å².